The summed E-state index contributed by atoms with van der Waals surface area (Å²) in [5, 5.41) is 6.81. The van der Waals surface area contributed by atoms with Crippen LogP contribution in [0.4, 0.5) is 5.88 Å². The van der Waals surface area contributed by atoms with E-state index in [2.05, 4.69) is 50.0 Å². The van der Waals surface area contributed by atoms with Crippen LogP contribution in [0.25, 0.3) is 0 Å². The topological polar surface area (TPSA) is 58.4 Å². The molecule has 1 aliphatic rings. The van der Waals surface area contributed by atoms with E-state index in [0.29, 0.717) is 24.3 Å². The van der Waals surface area contributed by atoms with Crippen molar-refractivity contribution in [1.82, 2.24) is 10.1 Å². The number of nitrogens with one attached hydrogen (secondary N) is 1. The minimum atomic E-state index is -0.0792. The lowest BCUT2D eigenvalue weighted by atomic mass is 9.92. The van der Waals surface area contributed by atoms with Gasteiger partial charge in [0, 0.05) is 24.6 Å². The van der Waals surface area contributed by atoms with Gasteiger partial charge in [0.15, 0.2) is 0 Å². The van der Waals surface area contributed by atoms with Crippen LogP contribution in [-0.2, 0) is 10.2 Å². The summed E-state index contributed by atoms with van der Waals surface area (Å²) < 4.78 is 5.19. The van der Waals surface area contributed by atoms with Gasteiger partial charge >= 0.3 is 0 Å². The van der Waals surface area contributed by atoms with Crippen LogP contribution in [-0.4, -0.2) is 35.6 Å². The molecule has 0 aromatic carbocycles. The highest BCUT2D eigenvalue weighted by Crippen LogP contribution is 2.24. The number of amides is 1. The summed E-state index contributed by atoms with van der Waals surface area (Å²) in [6.45, 7) is 13.1. The second kappa shape index (κ2) is 6.18. The van der Waals surface area contributed by atoms with Gasteiger partial charge in [-0.05, 0) is 18.3 Å². The smallest absolute Gasteiger partial charge is 0.240 e. The maximum Gasteiger partial charge on any atom is 0.240 e. The molecule has 0 radical (unpaired) electrons. The number of hydrogen-bond donors (Lipinski definition) is 1. The third-order valence-corrected chi connectivity index (χ3v) is 3.85. The number of hydrogen-bond acceptors (Lipinski definition) is 4. The van der Waals surface area contributed by atoms with Crippen LogP contribution < -0.4 is 5.32 Å². The first-order chi connectivity index (χ1) is 9.74. The van der Waals surface area contributed by atoms with Gasteiger partial charge in [-0.25, -0.2) is 0 Å². The predicted molar refractivity (Wildman–Crippen MR) is 83.2 cm³/mol. The average molecular weight is 293 g/mol. The van der Waals surface area contributed by atoms with Gasteiger partial charge in [0.1, 0.15) is 0 Å². The molecule has 1 N–H and O–H groups in total. The number of rotatable bonds is 3. The zero-order valence-corrected chi connectivity index (χ0v) is 13.8. The summed E-state index contributed by atoms with van der Waals surface area (Å²) in [5.41, 5.74) is 0.766. The molecule has 1 fully saturated rings. The van der Waals surface area contributed by atoms with Crippen LogP contribution in [0, 0.1) is 11.8 Å². The minimum Gasteiger partial charge on any atom is -0.338 e. The number of piperidine rings is 1. The molecule has 0 aliphatic carbocycles. The largest absolute Gasteiger partial charge is 0.338 e. The van der Waals surface area contributed by atoms with Crippen LogP contribution >= 0.6 is 0 Å². The molecule has 2 rings (SSSR count). The zero-order valence-electron chi connectivity index (χ0n) is 13.8. The maximum absolute atomic E-state index is 12.1. The first kappa shape index (κ1) is 16.0. The van der Waals surface area contributed by atoms with Crippen molar-refractivity contribution in [3.63, 3.8) is 0 Å². The van der Waals surface area contributed by atoms with Crippen molar-refractivity contribution < 1.29 is 9.32 Å². The number of aromatic nitrogens is 1. The Bertz CT molecular complexity index is 480. The van der Waals surface area contributed by atoms with Crippen molar-refractivity contribution >= 4 is 11.8 Å². The molecular formula is C16H27N3O2. The van der Waals surface area contributed by atoms with Crippen molar-refractivity contribution in [2.24, 2.45) is 11.8 Å². The van der Waals surface area contributed by atoms with E-state index in [-0.39, 0.29) is 11.3 Å². The Morgan fingerprint density at radius 3 is 2.52 bits per heavy atom. The Balaban J connectivity index is 1.88. The standard InChI is InChI=1S/C16H27N3O2/c1-11-6-12(2)9-19(8-11)10-14(20)17-15-7-13(18-21-15)16(3,4)5/h7,11-12H,6,8-10H2,1-5H3,(H,17,20)/t11-,12+. The Morgan fingerprint density at radius 1 is 1.38 bits per heavy atom. The fourth-order valence-electron chi connectivity index (χ4n) is 2.99. The van der Waals surface area contributed by atoms with E-state index in [1.54, 1.807) is 6.07 Å². The molecule has 0 spiro atoms. The zero-order chi connectivity index (χ0) is 15.6. The summed E-state index contributed by atoms with van der Waals surface area (Å²) >= 11 is 0. The highest BCUT2D eigenvalue weighted by Gasteiger charge is 2.24. The third kappa shape index (κ3) is 4.56. The molecule has 118 valence electrons. The molecule has 2 atom stereocenters. The Labute approximate surface area is 127 Å². The molecule has 1 aromatic heterocycles. The van der Waals surface area contributed by atoms with E-state index in [4.69, 9.17) is 4.52 Å². The SMILES string of the molecule is C[C@@H]1C[C@H](C)CN(CC(=O)Nc2cc(C(C)(C)C)no2)C1. The Kier molecular flexibility index (Phi) is 4.71. The summed E-state index contributed by atoms with van der Waals surface area (Å²) in [6.07, 6.45) is 1.25. The molecule has 5 heteroatoms. The molecule has 0 saturated carbocycles. The van der Waals surface area contributed by atoms with Gasteiger partial charge < -0.3 is 4.52 Å². The molecule has 1 saturated heterocycles. The second-order valence-corrected chi connectivity index (χ2v) is 7.51. The van der Waals surface area contributed by atoms with Crippen molar-refractivity contribution in [1.29, 1.82) is 0 Å². The fourth-order valence-corrected chi connectivity index (χ4v) is 2.99. The van der Waals surface area contributed by atoms with Gasteiger partial charge in [0.05, 0.1) is 12.2 Å². The summed E-state index contributed by atoms with van der Waals surface area (Å²) in [5.74, 6) is 1.70. The van der Waals surface area contributed by atoms with Gasteiger partial charge in [0.2, 0.25) is 11.8 Å². The highest BCUT2D eigenvalue weighted by atomic mass is 16.5. The minimum absolute atomic E-state index is 0.0343. The molecule has 1 aliphatic heterocycles. The van der Waals surface area contributed by atoms with Crippen molar-refractivity contribution in [2.75, 3.05) is 25.0 Å². The van der Waals surface area contributed by atoms with Crippen LogP contribution in [0.1, 0.15) is 46.7 Å². The number of carbonyl (C=O) groups is 1. The van der Waals surface area contributed by atoms with Crippen LogP contribution in [0.2, 0.25) is 0 Å². The normalized spacial score (nSPS) is 24.0. The average Bonchev–Trinajstić information content (AvgIpc) is 2.75. The number of anilines is 1. The molecule has 1 aromatic rings. The van der Waals surface area contributed by atoms with Crippen molar-refractivity contribution in [3.8, 4) is 0 Å². The molecule has 0 unspecified atom stereocenters. The Hall–Kier alpha value is -1.36. The van der Waals surface area contributed by atoms with Gasteiger partial charge in [0.25, 0.3) is 0 Å². The molecule has 21 heavy (non-hydrogen) atoms. The lowest BCUT2D eigenvalue weighted by Gasteiger charge is -2.34. The summed E-state index contributed by atoms with van der Waals surface area (Å²) in [4.78, 5) is 14.3. The monoisotopic (exact) mass is 293 g/mol. The molecule has 0 bridgehead atoms. The van der Waals surface area contributed by atoms with Gasteiger partial charge in [-0.3, -0.25) is 15.0 Å². The van der Waals surface area contributed by atoms with E-state index >= 15 is 0 Å². The number of carbonyl (C=O) groups excluding carboxylic acids is 1. The quantitative estimate of drug-likeness (QED) is 0.931. The van der Waals surface area contributed by atoms with E-state index in [9.17, 15) is 4.79 Å². The molecule has 5 nitrogen and oxygen atoms in total. The number of likely N-dealkylation sites (tertiary alicyclic amines) is 1. The van der Waals surface area contributed by atoms with E-state index < -0.39 is 0 Å². The van der Waals surface area contributed by atoms with Gasteiger partial charge in [-0.15, -0.1) is 0 Å². The molecule has 2 heterocycles. The Morgan fingerprint density at radius 2 is 2.00 bits per heavy atom. The van der Waals surface area contributed by atoms with Crippen molar-refractivity contribution in [3.05, 3.63) is 11.8 Å². The van der Waals surface area contributed by atoms with Crippen LogP contribution in [0.5, 0.6) is 0 Å². The number of nitrogens with zero attached hydrogens (tertiary/aromatic N) is 2. The van der Waals surface area contributed by atoms with Gasteiger partial charge in [-0.2, -0.15) is 0 Å². The summed E-state index contributed by atoms with van der Waals surface area (Å²) in [6, 6.07) is 1.80. The van der Waals surface area contributed by atoms with E-state index in [0.717, 1.165) is 18.8 Å². The van der Waals surface area contributed by atoms with E-state index in [1.807, 2.05) is 0 Å². The first-order valence-electron chi connectivity index (χ1n) is 7.73. The van der Waals surface area contributed by atoms with Crippen LogP contribution in [0.15, 0.2) is 10.6 Å². The predicted octanol–water partition coefficient (Wildman–Crippen LogP) is 2.89. The fraction of sp³-hybridized carbons (Fsp3) is 0.750. The van der Waals surface area contributed by atoms with Crippen molar-refractivity contribution in [2.45, 2.75) is 46.5 Å². The molecular weight excluding hydrogens is 266 g/mol. The third-order valence-electron chi connectivity index (χ3n) is 3.85. The second-order valence-electron chi connectivity index (χ2n) is 7.51. The first-order valence-corrected chi connectivity index (χ1v) is 7.73. The maximum atomic E-state index is 12.1. The summed E-state index contributed by atoms with van der Waals surface area (Å²) in [7, 11) is 0. The lowest BCUT2D eigenvalue weighted by Crippen LogP contribution is -2.42. The van der Waals surface area contributed by atoms with E-state index in [1.165, 1.54) is 6.42 Å². The van der Waals surface area contributed by atoms with Crippen LogP contribution in [0.3, 0.4) is 0 Å². The van der Waals surface area contributed by atoms with Gasteiger partial charge in [-0.1, -0.05) is 39.8 Å². The highest BCUT2D eigenvalue weighted by molar-refractivity contribution is 5.91. The lowest BCUT2D eigenvalue weighted by molar-refractivity contribution is -0.118. The molecule has 1 amide bonds.